The van der Waals surface area contributed by atoms with E-state index in [2.05, 4.69) is 6.92 Å². The molecule has 0 amide bonds. The van der Waals surface area contributed by atoms with Crippen LogP contribution < -0.4 is 5.32 Å². The first kappa shape index (κ1) is 10.2. The van der Waals surface area contributed by atoms with Crippen molar-refractivity contribution in [3.8, 4) is 0 Å². The number of quaternary nitrogens is 1. The van der Waals surface area contributed by atoms with Crippen molar-refractivity contribution in [2.45, 2.75) is 19.8 Å². The first-order valence-electron chi connectivity index (χ1n) is 3.67. The van der Waals surface area contributed by atoms with Crippen molar-refractivity contribution in [3.05, 3.63) is 0 Å². The summed E-state index contributed by atoms with van der Waals surface area (Å²) in [6, 6.07) is 0. The van der Waals surface area contributed by atoms with Crippen molar-refractivity contribution in [2.75, 3.05) is 19.5 Å². The molecule has 1 atom stereocenters. The quantitative estimate of drug-likeness (QED) is 0.453. The van der Waals surface area contributed by atoms with Crippen molar-refractivity contribution in [2.24, 2.45) is 0 Å². The van der Waals surface area contributed by atoms with Crippen molar-refractivity contribution in [3.63, 3.8) is 0 Å². The van der Waals surface area contributed by atoms with Gasteiger partial charge in [-0.3, -0.25) is 4.57 Å². The molecule has 3 N–H and O–H groups in total. The fourth-order valence-corrected chi connectivity index (χ4v) is 1.34. The van der Waals surface area contributed by atoms with Crippen LogP contribution in [0.4, 0.5) is 0 Å². The maximum absolute atomic E-state index is 10.7. The number of rotatable bonds is 5. The van der Waals surface area contributed by atoms with Gasteiger partial charge in [-0.2, -0.15) is 0 Å². The minimum atomic E-state index is -2.76. The fourth-order valence-electron chi connectivity index (χ4n) is 0.679. The standard InChI is InChI=1S/C6H16NO2P/c1-3-4-5-7-6-10(2,8)9/h7H,3-6H2,1-2H3,(H,8,9)/p+1. The lowest BCUT2D eigenvalue weighted by atomic mass is 10.3. The molecule has 0 fully saturated rings. The van der Waals surface area contributed by atoms with E-state index in [9.17, 15) is 4.57 Å². The van der Waals surface area contributed by atoms with Gasteiger partial charge in [0.1, 0.15) is 0 Å². The summed E-state index contributed by atoms with van der Waals surface area (Å²) in [4.78, 5) is 8.84. The summed E-state index contributed by atoms with van der Waals surface area (Å²) in [6.07, 6.45) is 2.64. The predicted octanol–water partition coefficient (Wildman–Crippen LogP) is 0.208. The average Bonchev–Trinajstić information content (AvgIpc) is 1.78. The Bertz CT molecular complexity index is 121. The summed E-state index contributed by atoms with van der Waals surface area (Å²) < 4.78 is 10.7. The highest BCUT2D eigenvalue weighted by Gasteiger charge is 2.10. The van der Waals surface area contributed by atoms with E-state index in [4.69, 9.17) is 4.89 Å². The van der Waals surface area contributed by atoms with Crippen LogP contribution in [0, 0.1) is 0 Å². The molecule has 0 aromatic heterocycles. The Kier molecular flexibility index (Phi) is 4.96. The monoisotopic (exact) mass is 166 g/mol. The topological polar surface area (TPSA) is 53.9 Å². The molecule has 10 heavy (non-hydrogen) atoms. The molecule has 0 saturated heterocycles. The minimum Gasteiger partial charge on any atom is -0.341 e. The molecule has 3 nitrogen and oxygen atoms in total. The van der Waals surface area contributed by atoms with Gasteiger partial charge in [-0.1, -0.05) is 13.3 Å². The molecule has 0 rings (SSSR count). The van der Waals surface area contributed by atoms with Crippen LogP contribution in [0.3, 0.4) is 0 Å². The summed E-state index contributed by atoms with van der Waals surface area (Å²) in [7, 11) is -2.76. The zero-order chi connectivity index (χ0) is 8.04. The van der Waals surface area contributed by atoms with E-state index in [1.165, 1.54) is 6.66 Å². The van der Waals surface area contributed by atoms with Crippen LogP contribution in [0.25, 0.3) is 0 Å². The maximum atomic E-state index is 10.7. The van der Waals surface area contributed by atoms with Crippen molar-refractivity contribution >= 4 is 7.37 Å². The Morgan fingerprint density at radius 3 is 2.60 bits per heavy atom. The molecule has 1 unspecified atom stereocenters. The maximum Gasteiger partial charge on any atom is 0.250 e. The minimum absolute atomic E-state index is 0.368. The molecule has 0 heterocycles. The van der Waals surface area contributed by atoms with E-state index in [-0.39, 0.29) is 0 Å². The summed E-state index contributed by atoms with van der Waals surface area (Å²) in [5.74, 6) is 0. The van der Waals surface area contributed by atoms with E-state index in [0.29, 0.717) is 6.29 Å². The normalized spacial score (nSPS) is 16.7. The second-order valence-corrected chi connectivity index (χ2v) is 5.13. The van der Waals surface area contributed by atoms with E-state index in [1.54, 1.807) is 0 Å². The third-order valence-electron chi connectivity index (χ3n) is 1.23. The molecule has 0 bridgehead atoms. The SMILES string of the molecule is CCCC[NH2+]CP(C)(=O)O. The molecule has 0 radical (unpaired) electrons. The van der Waals surface area contributed by atoms with Gasteiger partial charge >= 0.3 is 0 Å². The zero-order valence-electron chi connectivity index (χ0n) is 6.71. The molecular weight excluding hydrogens is 149 g/mol. The van der Waals surface area contributed by atoms with Gasteiger partial charge in [0.25, 0.3) is 0 Å². The first-order chi connectivity index (χ1) is 4.56. The van der Waals surface area contributed by atoms with E-state index >= 15 is 0 Å². The van der Waals surface area contributed by atoms with Gasteiger partial charge in [0.15, 0.2) is 6.29 Å². The Hall–Kier alpha value is 0.150. The summed E-state index contributed by atoms with van der Waals surface area (Å²) in [6.45, 7) is 4.47. The molecule has 0 aliphatic heterocycles. The van der Waals surface area contributed by atoms with Crippen LogP contribution >= 0.6 is 7.37 Å². The highest BCUT2D eigenvalue weighted by molar-refractivity contribution is 7.56. The van der Waals surface area contributed by atoms with Crippen LogP contribution in [-0.2, 0) is 4.57 Å². The van der Waals surface area contributed by atoms with Gasteiger partial charge in [-0.15, -0.1) is 0 Å². The van der Waals surface area contributed by atoms with Crippen LogP contribution in [-0.4, -0.2) is 24.4 Å². The zero-order valence-corrected chi connectivity index (χ0v) is 7.60. The Balaban J connectivity index is 3.13. The van der Waals surface area contributed by atoms with Gasteiger partial charge in [-0.25, -0.2) is 0 Å². The first-order valence-corrected chi connectivity index (χ1v) is 5.96. The lowest BCUT2D eigenvalue weighted by Gasteiger charge is -2.02. The van der Waals surface area contributed by atoms with Crippen molar-refractivity contribution in [1.82, 2.24) is 0 Å². The molecule has 0 aromatic rings. The second kappa shape index (κ2) is 4.89. The van der Waals surface area contributed by atoms with Crippen molar-refractivity contribution in [1.29, 1.82) is 0 Å². The van der Waals surface area contributed by atoms with Crippen LogP contribution in [0.2, 0.25) is 0 Å². The third-order valence-corrected chi connectivity index (χ3v) is 2.17. The van der Waals surface area contributed by atoms with Gasteiger partial charge in [0, 0.05) is 6.66 Å². The summed E-state index contributed by atoms with van der Waals surface area (Å²) >= 11 is 0. The molecule has 0 aliphatic carbocycles. The highest BCUT2D eigenvalue weighted by Crippen LogP contribution is 2.30. The average molecular weight is 166 g/mol. The van der Waals surface area contributed by atoms with E-state index in [0.717, 1.165) is 19.4 Å². The lowest BCUT2D eigenvalue weighted by molar-refractivity contribution is -0.639. The van der Waals surface area contributed by atoms with Crippen LogP contribution in [0.1, 0.15) is 19.8 Å². The van der Waals surface area contributed by atoms with Gasteiger partial charge in [0.05, 0.1) is 6.54 Å². The molecule has 0 saturated carbocycles. The fraction of sp³-hybridized carbons (Fsp3) is 1.00. The number of hydrogen-bond donors (Lipinski definition) is 2. The van der Waals surface area contributed by atoms with Gasteiger partial charge < -0.3 is 10.2 Å². The Morgan fingerprint density at radius 1 is 1.60 bits per heavy atom. The summed E-state index contributed by atoms with van der Waals surface area (Å²) in [5, 5.41) is 1.91. The molecular formula is C6H17NO2P+. The predicted molar refractivity (Wildman–Crippen MR) is 42.3 cm³/mol. The van der Waals surface area contributed by atoms with Gasteiger partial charge in [0.2, 0.25) is 7.37 Å². The second-order valence-electron chi connectivity index (χ2n) is 2.66. The molecule has 0 spiro atoms. The molecule has 0 aromatic carbocycles. The largest absolute Gasteiger partial charge is 0.341 e. The van der Waals surface area contributed by atoms with E-state index < -0.39 is 7.37 Å². The molecule has 4 heteroatoms. The van der Waals surface area contributed by atoms with Crippen LogP contribution in [0.5, 0.6) is 0 Å². The smallest absolute Gasteiger partial charge is 0.250 e. The third kappa shape index (κ3) is 8.15. The molecule has 62 valence electrons. The Morgan fingerprint density at radius 2 is 2.20 bits per heavy atom. The van der Waals surface area contributed by atoms with E-state index in [1.807, 2.05) is 5.32 Å². The van der Waals surface area contributed by atoms with Gasteiger partial charge in [-0.05, 0) is 6.42 Å². The highest BCUT2D eigenvalue weighted by atomic mass is 31.2. The number of hydrogen-bond acceptors (Lipinski definition) is 1. The summed E-state index contributed by atoms with van der Waals surface area (Å²) in [5.41, 5.74) is 0. The number of nitrogens with two attached hydrogens (primary N) is 1. The number of unbranched alkanes of at least 4 members (excludes halogenated alkanes) is 1. The molecule has 0 aliphatic rings. The van der Waals surface area contributed by atoms with Crippen molar-refractivity contribution < 1.29 is 14.8 Å². The lowest BCUT2D eigenvalue weighted by Crippen LogP contribution is -2.84. The Labute approximate surface area is 62.3 Å². The van der Waals surface area contributed by atoms with Crippen LogP contribution in [0.15, 0.2) is 0 Å².